The summed E-state index contributed by atoms with van der Waals surface area (Å²) in [6, 6.07) is 10.8. The minimum absolute atomic E-state index is 0.142. The maximum absolute atomic E-state index is 12.2. The van der Waals surface area contributed by atoms with E-state index >= 15 is 0 Å². The van der Waals surface area contributed by atoms with Crippen molar-refractivity contribution in [2.24, 2.45) is 0 Å². The Labute approximate surface area is 116 Å². The van der Waals surface area contributed by atoms with Crippen molar-refractivity contribution < 1.29 is 17.9 Å². The number of benzene rings is 2. The van der Waals surface area contributed by atoms with Crippen LogP contribution in [0.5, 0.6) is 11.5 Å². The lowest BCUT2D eigenvalue weighted by Gasteiger charge is -2.08. The van der Waals surface area contributed by atoms with Crippen LogP contribution in [0.25, 0.3) is 0 Å². The molecule has 1 heterocycles. The summed E-state index contributed by atoms with van der Waals surface area (Å²) in [7, 11) is -3.65. The summed E-state index contributed by atoms with van der Waals surface area (Å²) in [5.41, 5.74) is 6.45. The molecule has 0 unspecified atom stereocenters. The highest BCUT2D eigenvalue weighted by Gasteiger charge is 2.17. The van der Waals surface area contributed by atoms with E-state index in [1.165, 1.54) is 24.3 Å². The second kappa shape index (κ2) is 4.61. The molecule has 0 bridgehead atoms. The van der Waals surface area contributed by atoms with Crippen molar-refractivity contribution >= 4 is 21.4 Å². The average molecular weight is 292 g/mol. The molecule has 0 aromatic heterocycles. The molecule has 6 nitrogen and oxygen atoms in total. The van der Waals surface area contributed by atoms with E-state index in [1.54, 1.807) is 18.2 Å². The van der Waals surface area contributed by atoms with Crippen molar-refractivity contribution in [1.82, 2.24) is 0 Å². The number of ether oxygens (including phenoxy) is 2. The van der Waals surface area contributed by atoms with Crippen LogP contribution >= 0.6 is 0 Å². The maximum Gasteiger partial charge on any atom is 0.261 e. The lowest BCUT2D eigenvalue weighted by Crippen LogP contribution is -2.12. The average Bonchev–Trinajstić information content (AvgIpc) is 2.86. The van der Waals surface area contributed by atoms with E-state index in [-0.39, 0.29) is 11.7 Å². The van der Waals surface area contributed by atoms with Crippen molar-refractivity contribution in [3.8, 4) is 11.5 Å². The van der Waals surface area contributed by atoms with Gasteiger partial charge in [-0.15, -0.1) is 0 Å². The minimum atomic E-state index is -3.65. The summed E-state index contributed by atoms with van der Waals surface area (Å²) in [5, 5.41) is 0. The number of nitrogens with two attached hydrogens (primary N) is 1. The number of sulfonamides is 1. The molecule has 1 aliphatic heterocycles. The van der Waals surface area contributed by atoms with Crippen LogP contribution in [-0.2, 0) is 10.0 Å². The molecule has 20 heavy (non-hydrogen) atoms. The molecule has 0 fully saturated rings. The van der Waals surface area contributed by atoms with E-state index in [4.69, 9.17) is 15.2 Å². The van der Waals surface area contributed by atoms with E-state index < -0.39 is 10.0 Å². The Morgan fingerprint density at radius 2 is 1.70 bits per heavy atom. The van der Waals surface area contributed by atoms with Gasteiger partial charge in [-0.2, -0.15) is 0 Å². The van der Waals surface area contributed by atoms with Gasteiger partial charge >= 0.3 is 0 Å². The Balaban J connectivity index is 1.88. The van der Waals surface area contributed by atoms with E-state index in [0.717, 1.165) is 0 Å². The van der Waals surface area contributed by atoms with Gasteiger partial charge in [0.1, 0.15) is 0 Å². The van der Waals surface area contributed by atoms with Gasteiger partial charge in [0.25, 0.3) is 10.0 Å². The van der Waals surface area contributed by atoms with Gasteiger partial charge in [-0.1, -0.05) is 0 Å². The molecule has 0 saturated heterocycles. The molecule has 0 atom stereocenters. The van der Waals surface area contributed by atoms with Crippen LogP contribution in [0.2, 0.25) is 0 Å². The lowest BCUT2D eigenvalue weighted by atomic mass is 10.3. The molecule has 0 aliphatic carbocycles. The Morgan fingerprint density at radius 1 is 1.00 bits per heavy atom. The first kappa shape index (κ1) is 12.6. The summed E-state index contributed by atoms with van der Waals surface area (Å²) in [4.78, 5) is 0.143. The zero-order chi connectivity index (χ0) is 14.2. The number of rotatable bonds is 3. The second-order valence-electron chi connectivity index (χ2n) is 4.24. The van der Waals surface area contributed by atoms with Crippen LogP contribution in [0.4, 0.5) is 11.4 Å². The number of fused-ring (bicyclic) bond motifs is 1. The third-order valence-corrected chi connectivity index (χ3v) is 4.21. The first-order valence-corrected chi connectivity index (χ1v) is 7.31. The highest BCUT2D eigenvalue weighted by molar-refractivity contribution is 7.92. The smallest absolute Gasteiger partial charge is 0.261 e. The number of hydrogen-bond donors (Lipinski definition) is 2. The first-order valence-electron chi connectivity index (χ1n) is 5.83. The predicted molar refractivity (Wildman–Crippen MR) is 74.2 cm³/mol. The van der Waals surface area contributed by atoms with E-state index in [1.807, 2.05) is 0 Å². The van der Waals surface area contributed by atoms with Gasteiger partial charge < -0.3 is 15.2 Å². The van der Waals surface area contributed by atoms with E-state index in [0.29, 0.717) is 22.9 Å². The van der Waals surface area contributed by atoms with Crippen LogP contribution < -0.4 is 19.9 Å². The van der Waals surface area contributed by atoms with Crippen LogP contribution in [0, 0.1) is 0 Å². The van der Waals surface area contributed by atoms with Gasteiger partial charge in [-0.3, -0.25) is 4.72 Å². The Bertz CT molecular complexity index is 741. The second-order valence-corrected chi connectivity index (χ2v) is 5.92. The predicted octanol–water partition coefficient (Wildman–Crippen LogP) is 1.80. The summed E-state index contributed by atoms with van der Waals surface area (Å²) in [5.74, 6) is 1.11. The fourth-order valence-corrected chi connectivity index (χ4v) is 2.87. The molecule has 2 aromatic rings. The van der Waals surface area contributed by atoms with Crippen LogP contribution in [0.3, 0.4) is 0 Å². The number of anilines is 2. The Morgan fingerprint density at radius 3 is 2.45 bits per heavy atom. The SMILES string of the molecule is Nc1ccc(S(=O)(=O)Nc2ccc3c(c2)OCO3)cc1. The summed E-state index contributed by atoms with van der Waals surface area (Å²) >= 11 is 0. The topological polar surface area (TPSA) is 90.7 Å². The molecule has 104 valence electrons. The van der Waals surface area contributed by atoms with E-state index in [9.17, 15) is 8.42 Å². The number of hydrogen-bond acceptors (Lipinski definition) is 5. The molecule has 1 aliphatic rings. The van der Waals surface area contributed by atoms with Crippen molar-refractivity contribution in [3.63, 3.8) is 0 Å². The number of nitrogen functional groups attached to an aromatic ring is 1. The summed E-state index contributed by atoms with van der Waals surface area (Å²) < 4.78 is 37.2. The highest BCUT2D eigenvalue weighted by Crippen LogP contribution is 2.34. The van der Waals surface area contributed by atoms with Crippen molar-refractivity contribution in [2.75, 3.05) is 17.2 Å². The third-order valence-electron chi connectivity index (χ3n) is 2.82. The largest absolute Gasteiger partial charge is 0.454 e. The van der Waals surface area contributed by atoms with Crippen LogP contribution in [0.15, 0.2) is 47.4 Å². The molecule has 3 rings (SSSR count). The van der Waals surface area contributed by atoms with Gasteiger partial charge in [0.15, 0.2) is 11.5 Å². The van der Waals surface area contributed by atoms with Gasteiger partial charge in [-0.05, 0) is 36.4 Å². The molecule has 2 aromatic carbocycles. The van der Waals surface area contributed by atoms with Crippen molar-refractivity contribution in [3.05, 3.63) is 42.5 Å². The molecule has 3 N–H and O–H groups in total. The van der Waals surface area contributed by atoms with Crippen LogP contribution in [-0.4, -0.2) is 15.2 Å². The lowest BCUT2D eigenvalue weighted by molar-refractivity contribution is 0.174. The van der Waals surface area contributed by atoms with Gasteiger partial charge in [0, 0.05) is 11.8 Å². The zero-order valence-electron chi connectivity index (χ0n) is 10.4. The first-order chi connectivity index (χ1) is 9.54. The van der Waals surface area contributed by atoms with Crippen LogP contribution in [0.1, 0.15) is 0 Å². The Hall–Kier alpha value is -2.41. The van der Waals surface area contributed by atoms with Crippen molar-refractivity contribution in [2.45, 2.75) is 4.90 Å². The van der Waals surface area contributed by atoms with Crippen molar-refractivity contribution in [1.29, 1.82) is 0 Å². The van der Waals surface area contributed by atoms with Gasteiger partial charge in [-0.25, -0.2) is 8.42 Å². The molecule has 0 saturated carbocycles. The summed E-state index contributed by atoms with van der Waals surface area (Å²) in [6.45, 7) is 0.142. The maximum atomic E-state index is 12.2. The monoisotopic (exact) mass is 292 g/mol. The molecular formula is C13H12N2O4S. The molecule has 7 heteroatoms. The fourth-order valence-electron chi connectivity index (χ4n) is 1.82. The van der Waals surface area contributed by atoms with Gasteiger partial charge in [0.05, 0.1) is 10.6 Å². The fraction of sp³-hybridized carbons (Fsp3) is 0.0769. The quantitative estimate of drug-likeness (QED) is 0.842. The third kappa shape index (κ3) is 2.35. The standard InChI is InChI=1S/C13H12N2O4S/c14-9-1-4-11(5-2-9)20(16,17)15-10-3-6-12-13(7-10)19-8-18-12/h1-7,15H,8,14H2. The molecular weight excluding hydrogens is 280 g/mol. The molecule has 0 amide bonds. The molecule has 0 spiro atoms. The molecule has 0 radical (unpaired) electrons. The van der Waals surface area contributed by atoms with E-state index in [2.05, 4.69) is 4.72 Å². The Kier molecular flexibility index (Phi) is 2.90. The highest BCUT2D eigenvalue weighted by atomic mass is 32.2. The minimum Gasteiger partial charge on any atom is -0.454 e. The zero-order valence-corrected chi connectivity index (χ0v) is 11.2. The number of nitrogens with one attached hydrogen (secondary N) is 1. The van der Waals surface area contributed by atoms with Gasteiger partial charge in [0.2, 0.25) is 6.79 Å². The summed E-state index contributed by atoms with van der Waals surface area (Å²) in [6.07, 6.45) is 0. The normalized spacial score (nSPS) is 13.2.